The van der Waals surface area contributed by atoms with Crippen molar-refractivity contribution in [1.82, 2.24) is 19.7 Å². The molecule has 4 aromatic rings. The Morgan fingerprint density at radius 1 is 1.12 bits per heavy atom. The topological polar surface area (TPSA) is 116 Å². The molecule has 0 saturated heterocycles. The van der Waals surface area contributed by atoms with Crippen LogP contribution in [0.25, 0.3) is 17.1 Å². The maximum Gasteiger partial charge on any atom is 0.289 e. The third-order valence-electron chi connectivity index (χ3n) is 4.33. The number of pyridine rings is 1. The van der Waals surface area contributed by atoms with Crippen LogP contribution in [0, 0.1) is 10.1 Å². The van der Waals surface area contributed by atoms with E-state index in [1.165, 1.54) is 30.0 Å². The molecule has 0 atom stereocenters. The Hall–Kier alpha value is -3.76. The number of halogens is 1. The number of benzene rings is 2. The molecule has 0 bridgehead atoms. The van der Waals surface area contributed by atoms with Gasteiger partial charge in [-0.2, -0.15) is 0 Å². The van der Waals surface area contributed by atoms with Gasteiger partial charge in [-0.15, -0.1) is 10.2 Å². The first-order valence-corrected chi connectivity index (χ1v) is 10.7. The van der Waals surface area contributed by atoms with Crippen LogP contribution in [0.3, 0.4) is 0 Å². The second-order valence-electron chi connectivity index (χ2n) is 6.48. The summed E-state index contributed by atoms with van der Waals surface area (Å²) >= 11 is 7.01. The van der Waals surface area contributed by atoms with Gasteiger partial charge in [-0.25, -0.2) is 0 Å². The summed E-state index contributed by atoms with van der Waals surface area (Å²) in [7, 11) is 0. The van der Waals surface area contributed by atoms with Crippen LogP contribution in [-0.4, -0.2) is 36.3 Å². The van der Waals surface area contributed by atoms with Crippen molar-refractivity contribution >= 4 is 40.6 Å². The summed E-state index contributed by atoms with van der Waals surface area (Å²) in [6.45, 7) is 0. The quantitative estimate of drug-likeness (QED) is 0.240. The van der Waals surface area contributed by atoms with Gasteiger partial charge in [0.25, 0.3) is 5.69 Å². The normalized spacial score (nSPS) is 10.7. The second kappa shape index (κ2) is 9.58. The van der Waals surface area contributed by atoms with Gasteiger partial charge in [0.2, 0.25) is 5.91 Å². The van der Waals surface area contributed by atoms with Gasteiger partial charge < -0.3 is 5.32 Å². The molecule has 0 spiro atoms. The monoisotopic (exact) mass is 466 g/mol. The highest BCUT2D eigenvalue weighted by Gasteiger charge is 2.18. The largest absolute Gasteiger partial charge is 0.325 e. The third kappa shape index (κ3) is 4.76. The molecule has 1 amide bonds. The van der Waals surface area contributed by atoms with Gasteiger partial charge in [-0.05, 0) is 36.4 Å². The molecule has 0 fully saturated rings. The minimum atomic E-state index is -0.602. The zero-order valence-corrected chi connectivity index (χ0v) is 18.0. The highest BCUT2D eigenvalue weighted by molar-refractivity contribution is 7.99. The molecular formula is C21H15ClN6O3S. The standard InChI is InChI=1S/C21H15ClN6O3S/c22-17-9-8-15(11-18(17)28(30)31)24-19(29)13-32-21-26-25-20(14-5-4-10-23-12-14)27(21)16-6-2-1-3-7-16/h1-12H,13H2,(H,24,29). The van der Waals surface area contributed by atoms with E-state index in [1.54, 1.807) is 12.4 Å². The average Bonchev–Trinajstić information content (AvgIpc) is 3.24. The van der Waals surface area contributed by atoms with Crippen molar-refractivity contribution in [2.45, 2.75) is 5.16 Å². The van der Waals surface area contributed by atoms with Crippen LogP contribution in [0.2, 0.25) is 5.02 Å². The van der Waals surface area contributed by atoms with Crippen molar-refractivity contribution in [3.05, 3.63) is 88.2 Å². The Morgan fingerprint density at radius 3 is 2.66 bits per heavy atom. The Morgan fingerprint density at radius 2 is 1.94 bits per heavy atom. The fraction of sp³-hybridized carbons (Fsp3) is 0.0476. The van der Waals surface area contributed by atoms with E-state index < -0.39 is 4.92 Å². The van der Waals surface area contributed by atoms with Gasteiger partial charge >= 0.3 is 0 Å². The van der Waals surface area contributed by atoms with Crippen molar-refractivity contribution in [2.75, 3.05) is 11.1 Å². The van der Waals surface area contributed by atoms with Gasteiger partial charge in [0, 0.05) is 35.4 Å². The number of anilines is 1. The lowest BCUT2D eigenvalue weighted by atomic mass is 10.2. The third-order valence-corrected chi connectivity index (χ3v) is 5.57. The van der Waals surface area contributed by atoms with E-state index in [9.17, 15) is 14.9 Å². The van der Waals surface area contributed by atoms with Crippen molar-refractivity contribution < 1.29 is 9.72 Å². The summed E-state index contributed by atoms with van der Waals surface area (Å²) < 4.78 is 1.85. The number of aromatic nitrogens is 4. The van der Waals surface area contributed by atoms with E-state index in [2.05, 4.69) is 20.5 Å². The molecule has 1 N–H and O–H groups in total. The molecule has 0 aliphatic heterocycles. The molecule has 2 aromatic heterocycles. The number of amides is 1. The van der Waals surface area contributed by atoms with Gasteiger partial charge in [0.1, 0.15) is 5.02 Å². The first-order valence-electron chi connectivity index (χ1n) is 9.31. The van der Waals surface area contributed by atoms with Crippen molar-refractivity contribution in [3.8, 4) is 17.1 Å². The molecule has 0 radical (unpaired) electrons. The zero-order valence-electron chi connectivity index (χ0n) is 16.4. The van der Waals surface area contributed by atoms with Crippen LogP contribution >= 0.6 is 23.4 Å². The number of carbonyl (C=O) groups is 1. The molecule has 0 aliphatic rings. The van der Waals surface area contributed by atoms with Crippen LogP contribution in [0.4, 0.5) is 11.4 Å². The van der Waals surface area contributed by atoms with E-state index in [4.69, 9.17) is 11.6 Å². The number of hydrogen-bond acceptors (Lipinski definition) is 7. The summed E-state index contributed by atoms with van der Waals surface area (Å²) in [6, 6.07) is 17.3. The number of para-hydroxylation sites is 1. The molecule has 2 heterocycles. The SMILES string of the molecule is O=C(CSc1nnc(-c2cccnc2)n1-c1ccccc1)Nc1ccc(Cl)c([N+](=O)[O-])c1. The molecule has 9 nitrogen and oxygen atoms in total. The molecule has 0 aliphatic carbocycles. The van der Waals surface area contributed by atoms with Crippen LogP contribution in [-0.2, 0) is 4.79 Å². The Balaban J connectivity index is 1.55. The highest BCUT2D eigenvalue weighted by atomic mass is 35.5. The molecule has 32 heavy (non-hydrogen) atoms. The Kier molecular flexibility index (Phi) is 6.43. The minimum absolute atomic E-state index is 0.00117. The summed E-state index contributed by atoms with van der Waals surface area (Å²) in [4.78, 5) is 27.1. The van der Waals surface area contributed by atoms with E-state index in [0.29, 0.717) is 11.0 Å². The molecule has 0 saturated carbocycles. The number of carbonyl (C=O) groups excluding carboxylic acids is 1. The van der Waals surface area contributed by atoms with Crippen LogP contribution < -0.4 is 5.32 Å². The number of hydrogen-bond donors (Lipinski definition) is 1. The van der Waals surface area contributed by atoms with Crippen LogP contribution in [0.15, 0.2) is 78.2 Å². The lowest BCUT2D eigenvalue weighted by molar-refractivity contribution is -0.384. The summed E-state index contributed by atoms with van der Waals surface area (Å²) in [6.07, 6.45) is 3.37. The van der Waals surface area contributed by atoms with E-state index in [-0.39, 0.29) is 28.1 Å². The number of nitro benzene ring substituents is 1. The summed E-state index contributed by atoms with van der Waals surface area (Å²) in [5.41, 5.74) is 1.63. The van der Waals surface area contributed by atoms with Crippen LogP contribution in [0.5, 0.6) is 0 Å². The smallest absolute Gasteiger partial charge is 0.289 e. The first kappa shape index (κ1) is 21.5. The number of nitro groups is 1. The summed E-state index contributed by atoms with van der Waals surface area (Å²) in [5, 5.41) is 22.8. The lowest BCUT2D eigenvalue weighted by Crippen LogP contribution is -2.14. The van der Waals surface area contributed by atoms with Gasteiger partial charge in [-0.1, -0.05) is 41.6 Å². The first-order chi connectivity index (χ1) is 15.5. The van der Waals surface area contributed by atoms with Gasteiger partial charge in [0.05, 0.1) is 10.7 Å². The Labute approximate surface area is 191 Å². The molecule has 2 aromatic carbocycles. The van der Waals surface area contributed by atoms with Gasteiger partial charge in [-0.3, -0.25) is 24.5 Å². The zero-order chi connectivity index (χ0) is 22.5. The predicted octanol–water partition coefficient (Wildman–Crippen LogP) is 4.62. The molecule has 11 heteroatoms. The van der Waals surface area contributed by atoms with Crippen molar-refractivity contribution in [2.24, 2.45) is 0 Å². The highest BCUT2D eigenvalue weighted by Crippen LogP contribution is 2.29. The van der Waals surface area contributed by atoms with E-state index >= 15 is 0 Å². The lowest BCUT2D eigenvalue weighted by Gasteiger charge is -2.10. The second-order valence-corrected chi connectivity index (χ2v) is 7.83. The Bertz CT molecular complexity index is 1270. The minimum Gasteiger partial charge on any atom is -0.325 e. The fourth-order valence-electron chi connectivity index (χ4n) is 2.91. The molecular weight excluding hydrogens is 452 g/mol. The van der Waals surface area contributed by atoms with E-state index in [1.807, 2.05) is 47.0 Å². The molecule has 160 valence electrons. The number of nitrogens with one attached hydrogen (secondary N) is 1. The summed E-state index contributed by atoms with van der Waals surface area (Å²) in [5.74, 6) is 0.270. The van der Waals surface area contributed by atoms with Gasteiger partial charge in [0.15, 0.2) is 11.0 Å². The number of rotatable bonds is 7. The maximum absolute atomic E-state index is 12.5. The molecule has 4 rings (SSSR count). The number of nitrogens with zero attached hydrogens (tertiary/aromatic N) is 5. The maximum atomic E-state index is 12.5. The van der Waals surface area contributed by atoms with Crippen molar-refractivity contribution in [1.29, 1.82) is 0 Å². The average molecular weight is 467 g/mol. The fourth-order valence-corrected chi connectivity index (χ4v) is 3.85. The number of thioether (sulfide) groups is 1. The predicted molar refractivity (Wildman–Crippen MR) is 122 cm³/mol. The van der Waals surface area contributed by atoms with Crippen LogP contribution in [0.1, 0.15) is 0 Å². The van der Waals surface area contributed by atoms with Crippen molar-refractivity contribution in [3.63, 3.8) is 0 Å². The van der Waals surface area contributed by atoms with E-state index in [0.717, 1.165) is 11.3 Å². The molecule has 0 unspecified atom stereocenters.